The lowest BCUT2D eigenvalue weighted by Gasteiger charge is -2.27. The van der Waals surface area contributed by atoms with Gasteiger partial charge in [0.15, 0.2) is 0 Å². The molecule has 2 amide bonds. The predicted molar refractivity (Wildman–Crippen MR) is 125 cm³/mol. The highest BCUT2D eigenvalue weighted by Gasteiger charge is 2.28. The maximum Gasteiger partial charge on any atom is 0.256 e. The molecule has 6 nitrogen and oxygen atoms in total. The fourth-order valence-electron chi connectivity index (χ4n) is 4.14. The van der Waals surface area contributed by atoms with Gasteiger partial charge in [-0.05, 0) is 35.7 Å². The van der Waals surface area contributed by atoms with E-state index in [1.165, 1.54) is 11.3 Å². The Hall–Kier alpha value is -3.89. The van der Waals surface area contributed by atoms with Crippen LogP contribution in [0.4, 0.5) is 5.00 Å². The minimum atomic E-state index is -0.243. The molecule has 0 radical (unpaired) electrons. The Morgan fingerprint density at radius 2 is 1.91 bits per heavy atom. The molecule has 0 aliphatic carbocycles. The molecule has 2 N–H and O–H groups in total. The van der Waals surface area contributed by atoms with E-state index in [9.17, 15) is 14.9 Å². The summed E-state index contributed by atoms with van der Waals surface area (Å²) in [6.45, 7) is 1.02. The van der Waals surface area contributed by atoms with Gasteiger partial charge >= 0.3 is 0 Å². The molecule has 0 spiro atoms. The molecule has 0 fully saturated rings. The number of carbonyl (C=O) groups excluding carboxylic acids is 2. The number of nitrogens with zero attached hydrogens (tertiary/aromatic N) is 2. The van der Waals surface area contributed by atoms with E-state index >= 15 is 0 Å². The van der Waals surface area contributed by atoms with Gasteiger partial charge in [-0.3, -0.25) is 9.59 Å². The summed E-state index contributed by atoms with van der Waals surface area (Å²) in [5.74, 6) is -0.185. The number of aromatic amines is 1. The zero-order valence-electron chi connectivity index (χ0n) is 17.2. The van der Waals surface area contributed by atoms with Crippen LogP contribution in [0.2, 0.25) is 0 Å². The summed E-state index contributed by atoms with van der Waals surface area (Å²) in [6.07, 6.45) is 2.83. The molecule has 0 atom stereocenters. The van der Waals surface area contributed by atoms with Gasteiger partial charge < -0.3 is 15.2 Å². The average molecular weight is 441 g/mol. The van der Waals surface area contributed by atoms with Gasteiger partial charge in [0.05, 0.1) is 18.5 Å². The number of nitriles is 1. The molecule has 0 unspecified atom stereocenters. The number of nitrogens with one attached hydrogen (secondary N) is 2. The van der Waals surface area contributed by atoms with Crippen LogP contribution in [0.25, 0.3) is 10.9 Å². The summed E-state index contributed by atoms with van der Waals surface area (Å²) >= 11 is 1.39. The zero-order chi connectivity index (χ0) is 22.1. The summed E-state index contributed by atoms with van der Waals surface area (Å²) in [4.78, 5) is 31.6. The molecule has 5 rings (SSSR count). The van der Waals surface area contributed by atoms with Gasteiger partial charge in [0.1, 0.15) is 11.1 Å². The molecule has 1 aliphatic heterocycles. The third-order valence-corrected chi connectivity index (χ3v) is 6.93. The van der Waals surface area contributed by atoms with Crippen LogP contribution in [0.15, 0.2) is 60.8 Å². The van der Waals surface area contributed by atoms with E-state index in [1.54, 1.807) is 24.3 Å². The van der Waals surface area contributed by atoms with Crippen LogP contribution in [0.5, 0.6) is 0 Å². The smallest absolute Gasteiger partial charge is 0.256 e. The molecule has 158 valence electrons. The van der Waals surface area contributed by atoms with Gasteiger partial charge in [-0.25, -0.2) is 0 Å². The Labute approximate surface area is 189 Å². The zero-order valence-corrected chi connectivity index (χ0v) is 18.0. The summed E-state index contributed by atoms with van der Waals surface area (Å²) in [5.41, 5.74) is 4.00. The number of amides is 2. The predicted octanol–water partition coefficient (Wildman–Crippen LogP) is 4.48. The molecule has 2 aromatic carbocycles. The van der Waals surface area contributed by atoms with Crippen molar-refractivity contribution < 1.29 is 9.59 Å². The molecular formula is C25H20N4O2S. The fourth-order valence-corrected chi connectivity index (χ4v) is 5.35. The van der Waals surface area contributed by atoms with Gasteiger partial charge in [0, 0.05) is 34.1 Å². The lowest BCUT2D eigenvalue weighted by atomic mass is 10.0. The number of hydrogen-bond donors (Lipinski definition) is 2. The van der Waals surface area contributed by atoms with Crippen LogP contribution < -0.4 is 5.32 Å². The third-order valence-electron chi connectivity index (χ3n) is 5.80. The van der Waals surface area contributed by atoms with E-state index < -0.39 is 0 Å². The first-order valence-electron chi connectivity index (χ1n) is 10.4. The third kappa shape index (κ3) is 3.66. The molecule has 1 aliphatic rings. The first kappa shape index (κ1) is 20.0. The quantitative estimate of drug-likeness (QED) is 0.490. The highest BCUT2D eigenvalue weighted by molar-refractivity contribution is 7.16. The standard InChI is InChI=1S/C25H20N4O2S/c26-13-20-19-10-11-29(23(30)12-17-14-27-21-9-5-4-8-18(17)21)15-22(19)32-25(20)28-24(31)16-6-2-1-3-7-16/h1-9,14,27H,10-12,15H2,(H,28,31). The Morgan fingerprint density at radius 1 is 1.12 bits per heavy atom. The second-order valence-electron chi connectivity index (χ2n) is 7.74. The Balaban J connectivity index is 1.34. The monoisotopic (exact) mass is 440 g/mol. The van der Waals surface area contributed by atoms with Gasteiger partial charge in [-0.2, -0.15) is 5.26 Å². The number of hydrogen-bond acceptors (Lipinski definition) is 4. The number of para-hydroxylation sites is 1. The van der Waals surface area contributed by atoms with Crippen LogP contribution in [-0.4, -0.2) is 28.2 Å². The summed E-state index contributed by atoms with van der Waals surface area (Å²) in [6, 6.07) is 19.1. The minimum Gasteiger partial charge on any atom is -0.361 e. The maximum atomic E-state index is 13.0. The number of anilines is 1. The van der Waals surface area contributed by atoms with Gasteiger partial charge in [0.2, 0.25) is 5.91 Å². The second kappa shape index (κ2) is 8.33. The number of benzene rings is 2. The average Bonchev–Trinajstić information content (AvgIpc) is 3.39. The van der Waals surface area contributed by atoms with Crippen molar-refractivity contribution in [2.75, 3.05) is 11.9 Å². The number of H-pyrrole nitrogens is 1. The molecule has 3 heterocycles. The van der Waals surface area contributed by atoms with Crippen molar-refractivity contribution in [2.24, 2.45) is 0 Å². The van der Waals surface area contributed by atoms with Crippen molar-refractivity contribution >= 4 is 39.1 Å². The van der Waals surface area contributed by atoms with E-state index in [0.29, 0.717) is 42.1 Å². The SMILES string of the molecule is N#Cc1c(NC(=O)c2ccccc2)sc2c1CCN(C(=O)Cc1c[nH]c3ccccc13)C2. The van der Waals surface area contributed by atoms with Crippen molar-refractivity contribution in [1.29, 1.82) is 5.26 Å². The summed E-state index contributed by atoms with van der Waals surface area (Å²) < 4.78 is 0. The van der Waals surface area contributed by atoms with Crippen molar-refractivity contribution in [3.63, 3.8) is 0 Å². The van der Waals surface area contributed by atoms with Crippen LogP contribution in [0.1, 0.15) is 31.9 Å². The van der Waals surface area contributed by atoms with Crippen molar-refractivity contribution in [3.05, 3.63) is 87.9 Å². The van der Waals surface area contributed by atoms with E-state index in [2.05, 4.69) is 16.4 Å². The highest BCUT2D eigenvalue weighted by Crippen LogP contribution is 2.37. The first-order chi connectivity index (χ1) is 15.6. The van der Waals surface area contributed by atoms with E-state index in [1.807, 2.05) is 41.4 Å². The van der Waals surface area contributed by atoms with E-state index in [-0.39, 0.29) is 11.8 Å². The molecule has 32 heavy (non-hydrogen) atoms. The Kier molecular flexibility index (Phi) is 5.21. The molecular weight excluding hydrogens is 420 g/mol. The molecule has 0 saturated heterocycles. The number of aromatic nitrogens is 1. The molecule has 4 aromatic rings. The summed E-state index contributed by atoms with van der Waals surface area (Å²) in [5, 5.41) is 14.2. The fraction of sp³-hybridized carbons (Fsp3) is 0.160. The minimum absolute atomic E-state index is 0.0576. The van der Waals surface area contributed by atoms with Gasteiger partial charge in [-0.15, -0.1) is 11.3 Å². The van der Waals surface area contributed by atoms with E-state index in [4.69, 9.17) is 0 Å². The van der Waals surface area contributed by atoms with Gasteiger partial charge in [0.25, 0.3) is 5.91 Å². The lowest BCUT2D eigenvalue weighted by molar-refractivity contribution is -0.131. The molecule has 0 saturated carbocycles. The van der Waals surface area contributed by atoms with Crippen molar-refractivity contribution in [3.8, 4) is 6.07 Å². The second-order valence-corrected chi connectivity index (χ2v) is 8.85. The summed E-state index contributed by atoms with van der Waals surface area (Å²) in [7, 11) is 0. The molecule has 7 heteroatoms. The number of carbonyl (C=O) groups is 2. The van der Waals surface area contributed by atoms with Crippen molar-refractivity contribution in [1.82, 2.24) is 9.88 Å². The van der Waals surface area contributed by atoms with Crippen LogP contribution in [0, 0.1) is 11.3 Å². The maximum absolute atomic E-state index is 13.0. The topological polar surface area (TPSA) is 89.0 Å². The van der Waals surface area contributed by atoms with Crippen LogP contribution >= 0.6 is 11.3 Å². The van der Waals surface area contributed by atoms with Crippen molar-refractivity contribution in [2.45, 2.75) is 19.4 Å². The largest absolute Gasteiger partial charge is 0.361 e. The van der Waals surface area contributed by atoms with E-state index in [0.717, 1.165) is 26.9 Å². The lowest BCUT2D eigenvalue weighted by Crippen LogP contribution is -2.36. The molecule has 2 aromatic heterocycles. The van der Waals surface area contributed by atoms with Crippen LogP contribution in [-0.2, 0) is 24.2 Å². The number of fused-ring (bicyclic) bond motifs is 2. The Bertz CT molecular complexity index is 1360. The van der Waals surface area contributed by atoms with Crippen LogP contribution in [0.3, 0.4) is 0 Å². The normalized spacial score (nSPS) is 12.9. The highest BCUT2D eigenvalue weighted by atomic mass is 32.1. The Morgan fingerprint density at radius 3 is 2.72 bits per heavy atom. The molecule has 0 bridgehead atoms. The first-order valence-corrected chi connectivity index (χ1v) is 11.2. The number of rotatable bonds is 4. The number of thiophene rings is 1. The van der Waals surface area contributed by atoms with Gasteiger partial charge in [-0.1, -0.05) is 36.4 Å².